The summed E-state index contributed by atoms with van der Waals surface area (Å²) in [5, 5.41) is 4.67. The Labute approximate surface area is 190 Å². The van der Waals surface area contributed by atoms with Crippen molar-refractivity contribution in [3.63, 3.8) is 0 Å². The minimum absolute atomic E-state index is 0.00280. The van der Waals surface area contributed by atoms with Gasteiger partial charge in [-0.1, -0.05) is 23.7 Å². The van der Waals surface area contributed by atoms with Crippen LogP contribution >= 0.6 is 23.4 Å². The van der Waals surface area contributed by atoms with E-state index in [1.54, 1.807) is 35.4 Å². The van der Waals surface area contributed by atoms with Crippen molar-refractivity contribution in [1.29, 1.82) is 0 Å². The van der Waals surface area contributed by atoms with Gasteiger partial charge in [-0.3, -0.25) is 9.59 Å². The quantitative estimate of drug-likeness (QED) is 0.458. The molecule has 7 nitrogen and oxygen atoms in total. The number of carbonyl (C=O) groups excluding carboxylic acids is 2. The van der Waals surface area contributed by atoms with Gasteiger partial charge < -0.3 is 14.4 Å². The molecule has 0 aromatic heterocycles. The highest BCUT2D eigenvalue weighted by Gasteiger charge is 2.17. The third kappa shape index (κ3) is 8.24. The zero-order valence-corrected chi connectivity index (χ0v) is 18.5. The van der Waals surface area contributed by atoms with E-state index in [1.165, 1.54) is 11.8 Å². The van der Waals surface area contributed by atoms with Gasteiger partial charge in [0.05, 0.1) is 25.2 Å². The van der Waals surface area contributed by atoms with Crippen molar-refractivity contribution in [1.82, 2.24) is 10.3 Å². The van der Waals surface area contributed by atoms with E-state index in [1.807, 2.05) is 24.3 Å². The summed E-state index contributed by atoms with van der Waals surface area (Å²) in [5.74, 6) is 1.41. The maximum absolute atomic E-state index is 12.1. The molecule has 0 spiro atoms. The van der Waals surface area contributed by atoms with E-state index in [4.69, 9.17) is 21.1 Å². The zero-order chi connectivity index (χ0) is 21.9. The first-order chi connectivity index (χ1) is 15.1. The predicted octanol–water partition coefficient (Wildman–Crippen LogP) is 2.96. The van der Waals surface area contributed by atoms with Crippen molar-refractivity contribution >= 4 is 41.4 Å². The molecule has 2 amide bonds. The van der Waals surface area contributed by atoms with E-state index in [0.717, 1.165) is 16.9 Å². The van der Waals surface area contributed by atoms with Gasteiger partial charge in [0.2, 0.25) is 5.91 Å². The molecular formula is C22H24ClN3O4S. The number of ether oxygens (including phenoxy) is 2. The molecule has 2 aromatic carbocycles. The molecule has 3 rings (SSSR count). The van der Waals surface area contributed by atoms with E-state index in [-0.39, 0.29) is 18.4 Å². The number of nitrogens with zero attached hydrogens (tertiary/aromatic N) is 2. The average Bonchev–Trinajstić information content (AvgIpc) is 2.80. The third-order valence-corrected chi connectivity index (χ3v) is 5.68. The number of rotatable bonds is 9. The molecule has 31 heavy (non-hydrogen) atoms. The normalized spacial score (nSPS) is 13.9. The van der Waals surface area contributed by atoms with E-state index in [0.29, 0.717) is 42.8 Å². The Morgan fingerprint density at radius 2 is 1.84 bits per heavy atom. The topological polar surface area (TPSA) is 80.2 Å². The van der Waals surface area contributed by atoms with E-state index >= 15 is 0 Å². The molecule has 1 heterocycles. The highest BCUT2D eigenvalue weighted by atomic mass is 35.5. The van der Waals surface area contributed by atoms with Crippen LogP contribution in [-0.2, 0) is 20.1 Å². The highest BCUT2D eigenvalue weighted by Crippen LogP contribution is 2.15. The van der Waals surface area contributed by atoms with Crippen LogP contribution in [-0.4, -0.2) is 61.6 Å². The molecule has 0 aliphatic carbocycles. The summed E-state index contributed by atoms with van der Waals surface area (Å²) in [7, 11) is 0. The van der Waals surface area contributed by atoms with Crippen molar-refractivity contribution in [3.8, 4) is 5.75 Å². The summed E-state index contributed by atoms with van der Waals surface area (Å²) in [6.45, 7) is 2.33. The van der Waals surface area contributed by atoms with Crippen LogP contribution in [0.15, 0.2) is 53.6 Å². The molecule has 9 heteroatoms. The lowest BCUT2D eigenvalue weighted by atomic mass is 10.2. The summed E-state index contributed by atoms with van der Waals surface area (Å²) in [4.78, 5) is 25.7. The number of amides is 2. The number of hydrazone groups is 1. The van der Waals surface area contributed by atoms with Crippen molar-refractivity contribution in [2.45, 2.75) is 5.75 Å². The number of morpholine rings is 1. The van der Waals surface area contributed by atoms with Gasteiger partial charge in [-0.15, -0.1) is 11.8 Å². The molecule has 0 bridgehead atoms. The minimum atomic E-state index is -0.170. The molecule has 1 aliphatic rings. The third-order valence-electron chi connectivity index (χ3n) is 4.42. The van der Waals surface area contributed by atoms with Gasteiger partial charge in [0, 0.05) is 23.9 Å². The second-order valence-corrected chi connectivity index (χ2v) is 8.19. The van der Waals surface area contributed by atoms with Gasteiger partial charge in [-0.25, -0.2) is 5.43 Å². The fourth-order valence-corrected chi connectivity index (χ4v) is 3.66. The first-order valence-electron chi connectivity index (χ1n) is 9.82. The largest absolute Gasteiger partial charge is 0.484 e. The van der Waals surface area contributed by atoms with Gasteiger partial charge in [0.1, 0.15) is 5.75 Å². The monoisotopic (exact) mass is 461 g/mol. The van der Waals surface area contributed by atoms with Crippen LogP contribution < -0.4 is 10.2 Å². The zero-order valence-electron chi connectivity index (χ0n) is 17.0. The number of hydrogen-bond acceptors (Lipinski definition) is 6. The molecule has 0 radical (unpaired) electrons. The predicted molar refractivity (Wildman–Crippen MR) is 123 cm³/mol. The van der Waals surface area contributed by atoms with Crippen LogP contribution in [0.25, 0.3) is 0 Å². The second-order valence-electron chi connectivity index (χ2n) is 6.76. The molecule has 1 fully saturated rings. The smallest absolute Gasteiger partial charge is 0.260 e. The molecule has 1 N–H and O–H groups in total. The molecule has 0 unspecified atom stereocenters. The molecule has 1 saturated heterocycles. The molecule has 164 valence electrons. The molecule has 1 aliphatic heterocycles. The average molecular weight is 462 g/mol. The standard InChI is InChI=1S/C22H24ClN3O4S/c23-19-5-1-18(2-6-19)15-31-16-21(27)25-24-13-17-3-7-20(8-4-17)30-14-22(28)26-9-11-29-12-10-26/h1-8,13H,9-12,14-16H2,(H,25,27)/b24-13+. The van der Waals surface area contributed by atoms with Crippen LogP contribution in [0, 0.1) is 0 Å². The van der Waals surface area contributed by atoms with Crippen LogP contribution in [0.4, 0.5) is 0 Å². The first-order valence-corrected chi connectivity index (χ1v) is 11.4. The van der Waals surface area contributed by atoms with Gasteiger partial charge >= 0.3 is 0 Å². The maximum Gasteiger partial charge on any atom is 0.260 e. The SMILES string of the molecule is O=C(CSCc1ccc(Cl)cc1)N/N=C/c1ccc(OCC(=O)N2CCOCC2)cc1. The number of nitrogens with one attached hydrogen (secondary N) is 1. The Kier molecular flexibility index (Phi) is 9.20. The number of hydrogen-bond donors (Lipinski definition) is 1. The van der Waals surface area contributed by atoms with E-state index in [9.17, 15) is 9.59 Å². The van der Waals surface area contributed by atoms with Crippen LogP contribution in [0.5, 0.6) is 5.75 Å². The Hall–Kier alpha value is -2.55. The van der Waals surface area contributed by atoms with Gasteiger partial charge in [-0.2, -0.15) is 5.10 Å². The fraction of sp³-hybridized carbons (Fsp3) is 0.318. The molecule has 0 atom stereocenters. The number of benzene rings is 2. The first kappa shape index (κ1) is 23.1. The minimum Gasteiger partial charge on any atom is -0.484 e. The second kappa shape index (κ2) is 12.3. The Morgan fingerprint density at radius 1 is 1.13 bits per heavy atom. The summed E-state index contributed by atoms with van der Waals surface area (Å²) in [5.41, 5.74) is 4.43. The van der Waals surface area contributed by atoms with Crippen LogP contribution in [0.1, 0.15) is 11.1 Å². The number of halogens is 1. The summed E-state index contributed by atoms with van der Waals surface area (Å²) < 4.78 is 10.8. The van der Waals surface area contributed by atoms with Crippen molar-refractivity contribution < 1.29 is 19.1 Å². The van der Waals surface area contributed by atoms with Crippen LogP contribution in [0.3, 0.4) is 0 Å². The molecular weight excluding hydrogens is 438 g/mol. The lowest BCUT2D eigenvalue weighted by Crippen LogP contribution is -2.42. The van der Waals surface area contributed by atoms with Gasteiger partial charge in [-0.05, 0) is 47.5 Å². The number of carbonyl (C=O) groups is 2. The summed E-state index contributed by atoms with van der Waals surface area (Å²) >= 11 is 7.36. The van der Waals surface area contributed by atoms with Gasteiger partial charge in [0.25, 0.3) is 5.91 Å². The Bertz CT molecular complexity index is 885. The maximum atomic E-state index is 12.1. The lowest BCUT2D eigenvalue weighted by Gasteiger charge is -2.26. The lowest BCUT2D eigenvalue weighted by molar-refractivity contribution is -0.137. The highest BCUT2D eigenvalue weighted by molar-refractivity contribution is 7.99. The fourth-order valence-electron chi connectivity index (χ4n) is 2.75. The van der Waals surface area contributed by atoms with E-state index < -0.39 is 0 Å². The van der Waals surface area contributed by atoms with Crippen molar-refractivity contribution in [2.24, 2.45) is 5.10 Å². The molecule has 2 aromatic rings. The molecule has 0 saturated carbocycles. The van der Waals surface area contributed by atoms with Crippen molar-refractivity contribution in [3.05, 3.63) is 64.7 Å². The van der Waals surface area contributed by atoms with E-state index in [2.05, 4.69) is 10.5 Å². The Morgan fingerprint density at radius 3 is 2.55 bits per heavy atom. The summed E-state index contributed by atoms with van der Waals surface area (Å²) in [6, 6.07) is 14.7. The Balaban J connectivity index is 1.34. The number of thioether (sulfide) groups is 1. The van der Waals surface area contributed by atoms with Crippen molar-refractivity contribution in [2.75, 3.05) is 38.7 Å². The van der Waals surface area contributed by atoms with Crippen LogP contribution in [0.2, 0.25) is 5.02 Å². The summed E-state index contributed by atoms with van der Waals surface area (Å²) in [6.07, 6.45) is 1.56. The van der Waals surface area contributed by atoms with Gasteiger partial charge in [0.15, 0.2) is 6.61 Å².